The topological polar surface area (TPSA) is 21.3 Å². The Bertz CT molecular complexity index is 4770. The highest BCUT2D eigenvalue weighted by molar-refractivity contribution is 7.25. The third kappa shape index (κ3) is 5.42. The summed E-state index contributed by atoms with van der Waals surface area (Å²) in [7, 11) is 0. The molecule has 3 nitrogen and oxygen atoms in total. The van der Waals surface area contributed by atoms with E-state index < -0.39 is 0 Å². The van der Waals surface area contributed by atoms with Gasteiger partial charge in [-0.05, 0) is 164 Å². The molecule has 0 spiro atoms. The van der Waals surface area contributed by atoms with Gasteiger partial charge in [0.1, 0.15) is 11.2 Å². The van der Waals surface area contributed by atoms with Crippen molar-refractivity contribution < 1.29 is 4.42 Å². The molecule has 0 radical (unpaired) electrons. The fourth-order valence-electron chi connectivity index (χ4n) is 14.9. The summed E-state index contributed by atoms with van der Waals surface area (Å²) in [6.45, 7) is 16.6. The second-order valence-electron chi connectivity index (χ2n) is 24.3. The molecule has 3 aromatic heterocycles. The Morgan fingerprint density at radius 3 is 2.03 bits per heavy atom. The molecular weight excluding hydrogens is 928 g/mol. The summed E-state index contributed by atoms with van der Waals surface area (Å²) in [6, 6.07) is 65.9. The van der Waals surface area contributed by atoms with Gasteiger partial charge in [-0.25, -0.2) is 0 Å². The van der Waals surface area contributed by atoms with Gasteiger partial charge in [0.2, 0.25) is 0 Å². The van der Waals surface area contributed by atoms with Crippen molar-refractivity contribution >= 4 is 115 Å². The first-order valence-corrected chi connectivity index (χ1v) is 27.8. The lowest BCUT2D eigenvalue weighted by Crippen LogP contribution is -2.60. The van der Waals surface area contributed by atoms with Gasteiger partial charge in [-0.2, -0.15) is 0 Å². The molecule has 4 aliphatic rings. The van der Waals surface area contributed by atoms with Crippen molar-refractivity contribution in [3.05, 3.63) is 198 Å². The SMILES string of the molecule is Cc1ccc(N2B3c4cc5oc6ccccc6c5cc4-n4c5c3c(cc(-c3ccc6c(c3)-c3ccccc3C6(C)C)c5c3ccc5ccccc5c34)-c3cc4sc5cc6c(cc5c4cc32)C(C)(C)CCC6(C)C)cc1. The van der Waals surface area contributed by atoms with E-state index in [0.717, 1.165) is 21.9 Å². The molecule has 5 heteroatoms. The van der Waals surface area contributed by atoms with E-state index in [4.69, 9.17) is 4.42 Å². The molecule has 75 heavy (non-hydrogen) atoms. The van der Waals surface area contributed by atoms with Crippen LogP contribution in [-0.4, -0.2) is 11.4 Å². The summed E-state index contributed by atoms with van der Waals surface area (Å²) in [5.74, 6) is 0. The maximum absolute atomic E-state index is 6.89. The van der Waals surface area contributed by atoms with Gasteiger partial charge in [0.15, 0.2) is 0 Å². The van der Waals surface area contributed by atoms with Crippen LogP contribution < -0.4 is 15.7 Å². The van der Waals surface area contributed by atoms with E-state index in [1.165, 1.54) is 155 Å². The van der Waals surface area contributed by atoms with Crippen molar-refractivity contribution in [2.45, 2.75) is 77.6 Å². The first-order valence-electron chi connectivity index (χ1n) is 27.0. The molecule has 5 heterocycles. The minimum Gasteiger partial charge on any atom is -0.456 e. The number of anilines is 2. The molecule has 17 rings (SSSR count). The molecular formula is C70H53BN2OS. The number of para-hydroxylation sites is 1. The highest BCUT2D eigenvalue weighted by Crippen LogP contribution is 2.55. The van der Waals surface area contributed by atoms with Crippen molar-refractivity contribution in [3.63, 3.8) is 0 Å². The van der Waals surface area contributed by atoms with Gasteiger partial charge in [-0.15, -0.1) is 11.3 Å². The van der Waals surface area contributed by atoms with E-state index in [-0.39, 0.29) is 23.1 Å². The number of aromatic nitrogens is 1. The largest absolute Gasteiger partial charge is 0.456 e. The van der Waals surface area contributed by atoms with Crippen molar-refractivity contribution in [2.75, 3.05) is 4.81 Å². The van der Waals surface area contributed by atoms with Gasteiger partial charge in [0, 0.05) is 75.1 Å². The average Bonchev–Trinajstić information content (AvgIpc) is 4.29. The van der Waals surface area contributed by atoms with Crippen LogP contribution in [0.5, 0.6) is 0 Å². The second-order valence-corrected chi connectivity index (χ2v) is 25.4. The maximum atomic E-state index is 6.89. The molecule has 0 unspecified atom stereocenters. The Labute approximate surface area is 440 Å². The summed E-state index contributed by atoms with van der Waals surface area (Å²) in [4.78, 5) is 2.70. The monoisotopic (exact) mass is 980 g/mol. The Hall–Kier alpha value is -7.86. The number of hydrogen-bond donors (Lipinski definition) is 0. The third-order valence-electron chi connectivity index (χ3n) is 18.9. The molecule has 0 amide bonds. The quantitative estimate of drug-likeness (QED) is 0.161. The number of hydrogen-bond acceptors (Lipinski definition) is 3. The predicted molar refractivity (Wildman–Crippen MR) is 321 cm³/mol. The number of fused-ring (bicyclic) bond motifs is 20. The lowest BCUT2D eigenvalue weighted by Gasteiger charge is -2.42. The normalized spacial score (nSPS) is 16.4. The number of nitrogens with zero attached hydrogens (tertiary/aromatic N) is 2. The van der Waals surface area contributed by atoms with E-state index >= 15 is 0 Å². The molecule has 358 valence electrons. The molecule has 0 fully saturated rings. The van der Waals surface area contributed by atoms with Gasteiger partial charge in [0.25, 0.3) is 0 Å². The molecule has 0 atom stereocenters. The van der Waals surface area contributed by atoms with Crippen LogP contribution in [0, 0.1) is 6.92 Å². The van der Waals surface area contributed by atoms with Crippen LogP contribution in [0.3, 0.4) is 0 Å². The second kappa shape index (κ2) is 14.1. The maximum Gasteiger partial charge on any atom is 0.333 e. The van der Waals surface area contributed by atoms with Gasteiger partial charge in [0.05, 0.1) is 11.0 Å². The predicted octanol–water partition coefficient (Wildman–Crippen LogP) is 18.1. The van der Waals surface area contributed by atoms with Gasteiger partial charge in [-0.3, -0.25) is 0 Å². The van der Waals surface area contributed by atoms with Crippen LogP contribution >= 0.6 is 11.3 Å². The first kappa shape index (κ1) is 42.5. The minimum atomic E-state index is -0.176. The van der Waals surface area contributed by atoms with E-state index in [1.54, 1.807) is 0 Å². The summed E-state index contributed by atoms with van der Waals surface area (Å²) < 4.78 is 12.3. The molecule has 0 N–H and O–H groups in total. The zero-order valence-corrected chi connectivity index (χ0v) is 44.2. The van der Waals surface area contributed by atoms with E-state index in [9.17, 15) is 0 Å². The highest BCUT2D eigenvalue weighted by atomic mass is 32.1. The standard InChI is InChI=1S/C70H53BN2OS/c1-38-20-24-41(25-21-38)73-58-34-51-50-32-55-56(69(4,5)29-28-68(55,2)3)36-63(50)75-62(51)35-48(58)52-31-46(40-23-27-54-47(30-40)43-16-10-12-18-53(43)70(54,6)7)64-45-26-22-39-14-8-9-15-42(39)66(45)72-59-33-49-44-17-11-13-19-60(44)74-61(49)37-57(59)71(73)65(52)67(64)72/h8-27,30-37H,28-29H2,1-7H3. The van der Waals surface area contributed by atoms with Gasteiger partial charge >= 0.3 is 6.85 Å². The number of thiophene rings is 1. The Morgan fingerprint density at radius 1 is 0.480 bits per heavy atom. The summed E-state index contributed by atoms with van der Waals surface area (Å²) in [5.41, 5.74) is 25.5. The first-order chi connectivity index (χ1) is 36.3. The third-order valence-corrected chi connectivity index (χ3v) is 20.0. The lowest BCUT2D eigenvalue weighted by atomic mass is 9.43. The lowest BCUT2D eigenvalue weighted by molar-refractivity contribution is 0.332. The Balaban J connectivity index is 1.07. The van der Waals surface area contributed by atoms with Crippen molar-refractivity contribution in [2.24, 2.45) is 0 Å². The number of aryl methyl sites for hydroxylation is 1. The van der Waals surface area contributed by atoms with Crippen LogP contribution in [0.1, 0.15) is 82.2 Å². The van der Waals surface area contributed by atoms with E-state index in [0.29, 0.717) is 0 Å². The fourth-order valence-corrected chi connectivity index (χ4v) is 16.0. The summed E-state index contributed by atoms with van der Waals surface area (Å²) in [6.07, 6.45) is 2.38. The molecule has 2 aliphatic carbocycles. The Kier molecular flexibility index (Phi) is 7.98. The molecule has 0 bridgehead atoms. The van der Waals surface area contributed by atoms with Crippen LogP contribution in [0.4, 0.5) is 11.4 Å². The van der Waals surface area contributed by atoms with Crippen LogP contribution in [0.15, 0.2) is 174 Å². The summed E-state index contributed by atoms with van der Waals surface area (Å²) in [5, 5.41) is 10.0. The van der Waals surface area contributed by atoms with Crippen molar-refractivity contribution in [3.8, 4) is 39.1 Å². The molecule has 13 aromatic rings. The van der Waals surface area contributed by atoms with Gasteiger partial charge in [-0.1, -0.05) is 150 Å². The van der Waals surface area contributed by atoms with Crippen molar-refractivity contribution in [1.29, 1.82) is 0 Å². The summed E-state index contributed by atoms with van der Waals surface area (Å²) >= 11 is 1.97. The van der Waals surface area contributed by atoms with Crippen LogP contribution in [-0.2, 0) is 16.2 Å². The molecule has 0 saturated heterocycles. The smallest absolute Gasteiger partial charge is 0.333 e. The minimum absolute atomic E-state index is 0.0935. The number of benzene rings is 10. The molecule has 10 aromatic carbocycles. The zero-order valence-electron chi connectivity index (χ0n) is 43.4. The van der Waals surface area contributed by atoms with Crippen LogP contribution in [0.2, 0.25) is 0 Å². The molecule has 2 aliphatic heterocycles. The van der Waals surface area contributed by atoms with E-state index in [2.05, 4.69) is 228 Å². The zero-order chi connectivity index (χ0) is 50.2. The number of rotatable bonds is 2. The fraction of sp³-hybridized carbons (Fsp3) is 0.171. The van der Waals surface area contributed by atoms with E-state index in [1.807, 2.05) is 11.3 Å². The van der Waals surface area contributed by atoms with Crippen LogP contribution in [0.25, 0.3) is 114 Å². The van der Waals surface area contributed by atoms with Crippen molar-refractivity contribution in [1.82, 2.24) is 4.57 Å². The highest BCUT2D eigenvalue weighted by Gasteiger charge is 2.46. The number of furan rings is 1. The van der Waals surface area contributed by atoms with Gasteiger partial charge < -0.3 is 13.8 Å². The Morgan fingerprint density at radius 2 is 1.19 bits per heavy atom. The molecule has 0 saturated carbocycles. The average molecular weight is 981 g/mol.